The van der Waals surface area contributed by atoms with Crippen molar-refractivity contribution in [1.82, 2.24) is 10.2 Å². The largest absolute Gasteiger partial charge is 0.368 e. The molecule has 0 spiro atoms. The summed E-state index contributed by atoms with van der Waals surface area (Å²) in [5.74, 6) is 0.0915. The summed E-state index contributed by atoms with van der Waals surface area (Å²) in [5, 5.41) is 4.40. The first-order chi connectivity index (χ1) is 12.6. The normalized spacial score (nSPS) is 14.6. The molecule has 0 saturated carbocycles. The molecule has 138 valence electrons. The lowest BCUT2D eigenvalue weighted by Gasteiger charge is -2.36. The highest BCUT2D eigenvalue weighted by Gasteiger charge is 2.22. The van der Waals surface area contributed by atoms with Gasteiger partial charge in [0.15, 0.2) is 0 Å². The van der Waals surface area contributed by atoms with E-state index in [1.807, 2.05) is 47.4 Å². The topological polar surface area (TPSA) is 35.6 Å². The van der Waals surface area contributed by atoms with E-state index in [4.69, 9.17) is 23.2 Å². The van der Waals surface area contributed by atoms with Crippen molar-refractivity contribution in [3.05, 3.63) is 63.6 Å². The van der Waals surface area contributed by atoms with E-state index in [-0.39, 0.29) is 5.91 Å². The summed E-state index contributed by atoms with van der Waals surface area (Å²) in [6, 6.07) is 13.5. The Morgan fingerprint density at radius 3 is 2.31 bits per heavy atom. The molecule has 1 aliphatic rings. The number of hydrogen-bond donors (Lipinski definition) is 1. The summed E-state index contributed by atoms with van der Waals surface area (Å²) < 4.78 is 0. The van der Waals surface area contributed by atoms with Crippen molar-refractivity contribution in [3.8, 4) is 0 Å². The van der Waals surface area contributed by atoms with Crippen LogP contribution in [0.2, 0.25) is 10.0 Å². The predicted octanol–water partition coefficient (Wildman–Crippen LogP) is 4.07. The average Bonchev–Trinajstić information content (AvgIpc) is 2.68. The van der Waals surface area contributed by atoms with Crippen LogP contribution in [-0.4, -0.2) is 43.5 Å². The minimum Gasteiger partial charge on any atom is -0.368 e. The van der Waals surface area contributed by atoms with Crippen LogP contribution >= 0.6 is 23.2 Å². The number of piperazine rings is 1. The number of nitrogens with zero attached hydrogens (tertiary/aromatic N) is 2. The Hall–Kier alpha value is -1.75. The SMILES string of the molecule is CCNCc1ccc(C(=O)N2CCN(c3ccc(Cl)c(Cl)c3)CC2)cc1. The Labute approximate surface area is 164 Å². The van der Waals surface area contributed by atoms with Crippen molar-refractivity contribution >= 4 is 34.8 Å². The van der Waals surface area contributed by atoms with Crippen molar-refractivity contribution in [2.45, 2.75) is 13.5 Å². The molecule has 2 aromatic rings. The van der Waals surface area contributed by atoms with Crippen LogP contribution in [0.4, 0.5) is 5.69 Å². The van der Waals surface area contributed by atoms with Crippen LogP contribution in [0.25, 0.3) is 0 Å². The van der Waals surface area contributed by atoms with E-state index >= 15 is 0 Å². The number of carbonyl (C=O) groups excluding carboxylic acids is 1. The van der Waals surface area contributed by atoms with Crippen LogP contribution in [0.5, 0.6) is 0 Å². The lowest BCUT2D eigenvalue weighted by Crippen LogP contribution is -2.48. The Morgan fingerprint density at radius 1 is 1.00 bits per heavy atom. The second-order valence-corrected chi connectivity index (χ2v) is 7.17. The summed E-state index contributed by atoms with van der Waals surface area (Å²) in [5.41, 5.74) is 2.97. The average molecular weight is 392 g/mol. The molecule has 1 aliphatic heterocycles. The molecule has 1 saturated heterocycles. The molecule has 2 aromatic carbocycles. The van der Waals surface area contributed by atoms with Crippen LogP contribution in [0, 0.1) is 0 Å². The minimum atomic E-state index is 0.0915. The van der Waals surface area contributed by atoms with E-state index in [0.29, 0.717) is 23.1 Å². The molecule has 1 amide bonds. The van der Waals surface area contributed by atoms with Crippen LogP contribution in [-0.2, 0) is 6.54 Å². The second kappa shape index (κ2) is 8.76. The first-order valence-corrected chi connectivity index (χ1v) is 9.63. The highest BCUT2D eigenvalue weighted by molar-refractivity contribution is 6.42. The van der Waals surface area contributed by atoms with Gasteiger partial charge in [0.05, 0.1) is 10.0 Å². The third-order valence-corrected chi connectivity index (χ3v) is 5.35. The number of amides is 1. The van der Waals surface area contributed by atoms with Crippen LogP contribution in [0.1, 0.15) is 22.8 Å². The van der Waals surface area contributed by atoms with Crippen LogP contribution in [0.3, 0.4) is 0 Å². The lowest BCUT2D eigenvalue weighted by molar-refractivity contribution is 0.0747. The maximum Gasteiger partial charge on any atom is 0.253 e. The highest BCUT2D eigenvalue weighted by atomic mass is 35.5. The number of nitrogens with one attached hydrogen (secondary N) is 1. The van der Waals surface area contributed by atoms with Gasteiger partial charge < -0.3 is 15.1 Å². The zero-order valence-electron chi connectivity index (χ0n) is 14.8. The minimum absolute atomic E-state index is 0.0915. The highest BCUT2D eigenvalue weighted by Crippen LogP contribution is 2.27. The molecule has 0 aromatic heterocycles. The number of carbonyl (C=O) groups is 1. The maximum absolute atomic E-state index is 12.7. The quantitative estimate of drug-likeness (QED) is 0.834. The van der Waals surface area contributed by atoms with Gasteiger partial charge in [-0.1, -0.05) is 42.3 Å². The fourth-order valence-electron chi connectivity index (χ4n) is 3.07. The predicted molar refractivity (Wildman–Crippen MR) is 108 cm³/mol. The van der Waals surface area contributed by atoms with Gasteiger partial charge in [-0.25, -0.2) is 0 Å². The van der Waals surface area contributed by atoms with E-state index in [9.17, 15) is 4.79 Å². The first kappa shape index (κ1) is 19.0. The van der Waals surface area contributed by atoms with Gasteiger partial charge >= 0.3 is 0 Å². The van der Waals surface area contributed by atoms with Crippen molar-refractivity contribution in [3.63, 3.8) is 0 Å². The number of anilines is 1. The van der Waals surface area contributed by atoms with Gasteiger partial charge in [-0.2, -0.15) is 0 Å². The van der Waals surface area contributed by atoms with Crippen molar-refractivity contribution in [2.75, 3.05) is 37.6 Å². The van der Waals surface area contributed by atoms with E-state index in [1.165, 1.54) is 5.56 Å². The smallest absolute Gasteiger partial charge is 0.253 e. The standard InChI is InChI=1S/C20H23Cl2N3O/c1-2-23-14-15-3-5-16(6-4-15)20(26)25-11-9-24(10-12-25)17-7-8-18(21)19(22)13-17/h3-8,13,23H,2,9-12,14H2,1H3. The molecule has 1 N–H and O–H groups in total. The van der Waals surface area contributed by atoms with Gasteiger partial charge in [-0.3, -0.25) is 4.79 Å². The van der Waals surface area contributed by atoms with Crippen molar-refractivity contribution in [2.24, 2.45) is 0 Å². The molecular weight excluding hydrogens is 369 g/mol. The summed E-state index contributed by atoms with van der Waals surface area (Å²) >= 11 is 12.1. The summed E-state index contributed by atoms with van der Waals surface area (Å²) in [6.07, 6.45) is 0. The van der Waals surface area contributed by atoms with E-state index < -0.39 is 0 Å². The Bertz CT molecular complexity index is 756. The monoisotopic (exact) mass is 391 g/mol. The van der Waals surface area contributed by atoms with Gasteiger partial charge in [0.25, 0.3) is 5.91 Å². The van der Waals surface area contributed by atoms with Gasteiger partial charge in [-0.15, -0.1) is 0 Å². The lowest BCUT2D eigenvalue weighted by atomic mass is 10.1. The Balaban J connectivity index is 1.58. The number of benzene rings is 2. The van der Waals surface area contributed by atoms with Crippen LogP contribution in [0.15, 0.2) is 42.5 Å². The first-order valence-electron chi connectivity index (χ1n) is 8.87. The van der Waals surface area contributed by atoms with Gasteiger partial charge in [-0.05, 0) is 42.4 Å². The fraction of sp³-hybridized carbons (Fsp3) is 0.350. The van der Waals surface area contributed by atoms with Gasteiger partial charge in [0.1, 0.15) is 0 Å². The molecule has 0 aliphatic carbocycles. The molecule has 1 heterocycles. The maximum atomic E-state index is 12.7. The molecule has 0 bridgehead atoms. The summed E-state index contributed by atoms with van der Waals surface area (Å²) in [4.78, 5) is 16.9. The third kappa shape index (κ3) is 4.50. The van der Waals surface area contributed by atoms with Crippen molar-refractivity contribution < 1.29 is 4.79 Å². The second-order valence-electron chi connectivity index (χ2n) is 6.35. The van der Waals surface area contributed by atoms with Crippen LogP contribution < -0.4 is 10.2 Å². The number of rotatable bonds is 5. The zero-order chi connectivity index (χ0) is 18.5. The summed E-state index contributed by atoms with van der Waals surface area (Å²) in [6.45, 7) is 6.79. The Morgan fingerprint density at radius 2 is 1.69 bits per heavy atom. The van der Waals surface area contributed by atoms with E-state index in [2.05, 4.69) is 17.1 Å². The molecule has 6 heteroatoms. The molecule has 0 atom stereocenters. The van der Waals surface area contributed by atoms with Gasteiger partial charge in [0.2, 0.25) is 0 Å². The molecule has 3 rings (SSSR count). The molecule has 0 unspecified atom stereocenters. The third-order valence-electron chi connectivity index (χ3n) is 4.62. The van der Waals surface area contributed by atoms with Crippen molar-refractivity contribution in [1.29, 1.82) is 0 Å². The molecule has 1 fully saturated rings. The van der Waals surface area contributed by atoms with E-state index in [0.717, 1.165) is 37.4 Å². The fourth-order valence-corrected chi connectivity index (χ4v) is 3.36. The molecule has 26 heavy (non-hydrogen) atoms. The molecule has 0 radical (unpaired) electrons. The number of hydrogen-bond acceptors (Lipinski definition) is 3. The Kier molecular flexibility index (Phi) is 6.41. The molecule has 4 nitrogen and oxygen atoms in total. The zero-order valence-corrected chi connectivity index (χ0v) is 16.4. The summed E-state index contributed by atoms with van der Waals surface area (Å²) in [7, 11) is 0. The van der Waals surface area contributed by atoms with Gasteiger partial charge in [0, 0.05) is 44.0 Å². The van der Waals surface area contributed by atoms with E-state index in [1.54, 1.807) is 0 Å². The number of halogens is 2. The molecular formula is C20H23Cl2N3O.